The van der Waals surface area contributed by atoms with E-state index in [1.165, 1.54) is 5.56 Å². The summed E-state index contributed by atoms with van der Waals surface area (Å²) in [5, 5.41) is 3.19. The second-order valence-corrected chi connectivity index (χ2v) is 5.38. The van der Waals surface area contributed by atoms with Crippen LogP contribution in [0.4, 0.5) is 5.69 Å². The molecule has 1 aromatic carbocycles. The fraction of sp³-hybridized carbons (Fsp3) is 0.462. The Hall–Kier alpha value is -1.00. The molecule has 0 aliphatic heterocycles. The van der Waals surface area contributed by atoms with Gasteiger partial charge in [0.15, 0.2) is 0 Å². The Labute approximate surface area is 107 Å². The minimum Gasteiger partial charge on any atom is -0.329 e. The first-order chi connectivity index (χ1) is 8.15. The number of rotatable bonds is 6. The summed E-state index contributed by atoms with van der Waals surface area (Å²) >= 11 is 1.57. The van der Waals surface area contributed by atoms with Gasteiger partial charge in [-0.15, -0.1) is 11.8 Å². The third kappa shape index (κ3) is 5.24. The van der Waals surface area contributed by atoms with Crippen LogP contribution < -0.4 is 11.1 Å². The molecule has 0 radical (unpaired) electrons. The van der Waals surface area contributed by atoms with Crippen LogP contribution in [0, 0.1) is 0 Å². The summed E-state index contributed by atoms with van der Waals surface area (Å²) in [6.45, 7) is 4.73. The zero-order chi connectivity index (χ0) is 12.7. The fourth-order valence-corrected chi connectivity index (χ4v) is 1.95. The van der Waals surface area contributed by atoms with Gasteiger partial charge in [0.05, 0.1) is 5.75 Å². The van der Waals surface area contributed by atoms with E-state index in [4.69, 9.17) is 5.73 Å². The lowest BCUT2D eigenvalue weighted by Crippen LogP contribution is -2.19. The molecular formula is C13H20N2OS. The standard InChI is InChI=1S/C13H20N2OS/c1-3-11-4-6-12(7-5-11)15-13(16)9-17-10(2)8-14/h4-7,10H,3,8-9,14H2,1-2H3,(H,15,16). The van der Waals surface area contributed by atoms with Gasteiger partial charge in [-0.05, 0) is 24.1 Å². The number of hydrogen-bond donors (Lipinski definition) is 2. The molecule has 3 nitrogen and oxygen atoms in total. The molecule has 0 bridgehead atoms. The number of thioether (sulfide) groups is 1. The third-order valence-corrected chi connectivity index (χ3v) is 3.67. The number of anilines is 1. The van der Waals surface area contributed by atoms with Crippen molar-refractivity contribution >= 4 is 23.4 Å². The van der Waals surface area contributed by atoms with Crippen LogP contribution >= 0.6 is 11.8 Å². The van der Waals surface area contributed by atoms with Gasteiger partial charge in [-0.2, -0.15) is 0 Å². The van der Waals surface area contributed by atoms with Gasteiger partial charge in [-0.1, -0.05) is 26.0 Å². The molecule has 17 heavy (non-hydrogen) atoms. The third-order valence-electron chi connectivity index (χ3n) is 2.48. The Morgan fingerprint density at radius 3 is 2.59 bits per heavy atom. The van der Waals surface area contributed by atoms with Gasteiger partial charge < -0.3 is 11.1 Å². The molecule has 0 aliphatic carbocycles. The Bertz CT molecular complexity index is 351. The average Bonchev–Trinajstić information content (AvgIpc) is 2.36. The normalized spacial score (nSPS) is 12.2. The van der Waals surface area contributed by atoms with E-state index >= 15 is 0 Å². The summed E-state index contributed by atoms with van der Waals surface area (Å²) in [7, 11) is 0. The Balaban J connectivity index is 2.39. The predicted octanol–water partition coefficient (Wildman–Crippen LogP) is 2.27. The summed E-state index contributed by atoms with van der Waals surface area (Å²) in [5.41, 5.74) is 7.62. The van der Waals surface area contributed by atoms with Gasteiger partial charge in [0.2, 0.25) is 5.91 Å². The first-order valence-corrected chi connectivity index (χ1v) is 6.91. The lowest BCUT2D eigenvalue weighted by Gasteiger charge is -2.09. The van der Waals surface area contributed by atoms with Gasteiger partial charge in [-0.25, -0.2) is 0 Å². The molecule has 94 valence electrons. The summed E-state index contributed by atoms with van der Waals surface area (Å²) in [5.74, 6) is 0.480. The maximum absolute atomic E-state index is 11.6. The van der Waals surface area contributed by atoms with E-state index in [1.54, 1.807) is 11.8 Å². The molecule has 0 aromatic heterocycles. The molecule has 0 spiro atoms. The molecule has 1 amide bonds. The molecular weight excluding hydrogens is 232 g/mol. The van der Waals surface area contributed by atoms with Crippen LogP contribution in [0.1, 0.15) is 19.4 Å². The van der Waals surface area contributed by atoms with Crippen molar-refractivity contribution in [3.8, 4) is 0 Å². The molecule has 1 rings (SSSR count). The number of carbonyl (C=O) groups is 1. The van der Waals surface area contributed by atoms with Crippen molar-refractivity contribution in [2.45, 2.75) is 25.5 Å². The predicted molar refractivity (Wildman–Crippen MR) is 75.4 cm³/mol. The van der Waals surface area contributed by atoms with Crippen molar-refractivity contribution in [1.82, 2.24) is 0 Å². The van der Waals surface area contributed by atoms with Crippen molar-refractivity contribution in [2.24, 2.45) is 5.73 Å². The van der Waals surface area contributed by atoms with E-state index in [-0.39, 0.29) is 5.91 Å². The van der Waals surface area contributed by atoms with E-state index in [0.717, 1.165) is 12.1 Å². The Morgan fingerprint density at radius 1 is 1.41 bits per heavy atom. The number of benzene rings is 1. The SMILES string of the molecule is CCc1ccc(NC(=O)CSC(C)CN)cc1. The molecule has 1 unspecified atom stereocenters. The quantitative estimate of drug-likeness (QED) is 0.816. The topological polar surface area (TPSA) is 55.1 Å². The van der Waals surface area contributed by atoms with Crippen LogP contribution in [0.25, 0.3) is 0 Å². The first kappa shape index (κ1) is 14.1. The Kier molecular flexibility index (Phi) is 6.08. The van der Waals surface area contributed by atoms with Crippen LogP contribution in [0.3, 0.4) is 0 Å². The van der Waals surface area contributed by atoms with Crippen molar-refractivity contribution < 1.29 is 4.79 Å². The van der Waals surface area contributed by atoms with Gasteiger partial charge in [0.25, 0.3) is 0 Å². The van der Waals surface area contributed by atoms with Gasteiger partial charge in [0, 0.05) is 17.5 Å². The molecule has 1 atom stereocenters. The minimum atomic E-state index is 0.0274. The maximum atomic E-state index is 11.6. The minimum absolute atomic E-state index is 0.0274. The molecule has 3 N–H and O–H groups in total. The molecule has 0 saturated heterocycles. The molecule has 4 heteroatoms. The summed E-state index contributed by atoms with van der Waals surface area (Å²) in [6, 6.07) is 7.94. The van der Waals surface area contributed by atoms with E-state index in [2.05, 4.69) is 12.2 Å². The zero-order valence-corrected chi connectivity index (χ0v) is 11.2. The highest BCUT2D eigenvalue weighted by molar-refractivity contribution is 8.00. The van der Waals surface area contributed by atoms with Gasteiger partial charge in [-0.3, -0.25) is 4.79 Å². The summed E-state index contributed by atoms with van der Waals surface area (Å²) < 4.78 is 0. The van der Waals surface area contributed by atoms with Gasteiger partial charge >= 0.3 is 0 Å². The summed E-state index contributed by atoms with van der Waals surface area (Å²) in [4.78, 5) is 11.6. The number of amides is 1. The number of aryl methyl sites for hydroxylation is 1. The number of nitrogens with two attached hydrogens (primary N) is 1. The second kappa shape index (κ2) is 7.35. The first-order valence-electron chi connectivity index (χ1n) is 5.86. The fourth-order valence-electron chi connectivity index (χ4n) is 1.31. The monoisotopic (exact) mass is 252 g/mol. The molecule has 1 aromatic rings. The van der Waals surface area contributed by atoms with Crippen molar-refractivity contribution in [3.63, 3.8) is 0 Å². The lowest BCUT2D eigenvalue weighted by molar-refractivity contribution is -0.113. The van der Waals surface area contributed by atoms with Crippen LogP contribution in [0.5, 0.6) is 0 Å². The lowest BCUT2D eigenvalue weighted by atomic mass is 10.1. The summed E-state index contributed by atoms with van der Waals surface area (Å²) in [6.07, 6.45) is 1.01. The van der Waals surface area contributed by atoms with E-state index < -0.39 is 0 Å². The zero-order valence-electron chi connectivity index (χ0n) is 10.4. The van der Waals surface area contributed by atoms with Crippen LogP contribution in [-0.2, 0) is 11.2 Å². The maximum Gasteiger partial charge on any atom is 0.234 e. The van der Waals surface area contributed by atoms with Gasteiger partial charge in [0.1, 0.15) is 0 Å². The molecule has 0 heterocycles. The largest absolute Gasteiger partial charge is 0.329 e. The number of hydrogen-bond acceptors (Lipinski definition) is 3. The highest BCUT2D eigenvalue weighted by atomic mass is 32.2. The van der Waals surface area contributed by atoms with E-state index in [0.29, 0.717) is 17.5 Å². The number of nitrogens with one attached hydrogen (secondary N) is 1. The van der Waals surface area contributed by atoms with Crippen molar-refractivity contribution in [2.75, 3.05) is 17.6 Å². The van der Waals surface area contributed by atoms with E-state index in [9.17, 15) is 4.79 Å². The molecule has 0 fully saturated rings. The van der Waals surface area contributed by atoms with E-state index in [1.807, 2.05) is 31.2 Å². The smallest absolute Gasteiger partial charge is 0.234 e. The Morgan fingerprint density at radius 2 is 2.06 bits per heavy atom. The molecule has 0 saturated carbocycles. The molecule has 0 aliphatic rings. The van der Waals surface area contributed by atoms with Crippen LogP contribution in [0.15, 0.2) is 24.3 Å². The number of carbonyl (C=O) groups excluding carboxylic acids is 1. The highest BCUT2D eigenvalue weighted by Crippen LogP contribution is 2.12. The van der Waals surface area contributed by atoms with Crippen molar-refractivity contribution in [3.05, 3.63) is 29.8 Å². The average molecular weight is 252 g/mol. The van der Waals surface area contributed by atoms with Crippen LogP contribution in [-0.4, -0.2) is 23.5 Å². The second-order valence-electron chi connectivity index (χ2n) is 3.96. The highest BCUT2D eigenvalue weighted by Gasteiger charge is 2.05. The van der Waals surface area contributed by atoms with Crippen LogP contribution in [0.2, 0.25) is 0 Å². The van der Waals surface area contributed by atoms with Crippen molar-refractivity contribution in [1.29, 1.82) is 0 Å².